The summed E-state index contributed by atoms with van der Waals surface area (Å²) >= 11 is 0. The minimum Gasteiger partial charge on any atom is -0.462 e. The van der Waals surface area contributed by atoms with E-state index in [0.717, 1.165) is 50.4 Å². The largest absolute Gasteiger partial charge is 0.472 e. The molecule has 0 aromatic carbocycles. The number of ether oxygens (including phenoxy) is 2. The fraction of sp³-hybridized carbons (Fsp3) is 0.951. The Balaban J connectivity index is 4.22. The molecule has 0 aromatic heterocycles. The van der Waals surface area contributed by atoms with Gasteiger partial charge in [0.1, 0.15) is 12.7 Å². The highest BCUT2D eigenvalue weighted by atomic mass is 31.2. The number of unbranched alkanes of at least 4 members (excludes halogenated alkanes) is 20. The van der Waals surface area contributed by atoms with E-state index in [4.69, 9.17) is 19.1 Å². The number of carbonyl (C=O) groups is 2. The molecule has 0 aliphatic rings. The van der Waals surface area contributed by atoms with Crippen LogP contribution >= 0.6 is 7.82 Å². The highest BCUT2D eigenvalue weighted by Gasteiger charge is 2.27. The van der Waals surface area contributed by atoms with Crippen LogP contribution in [0.2, 0.25) is 0 Å². The minimum absolute atomic E-state index is 0.190. The van der Waals surface area contributed by atoms with E-state index in [0.29, 0.717) is 12.8 Å². The summed E-state index contributed by atoms with van der Waals surface area (Å²) in [5.41, 5.74) is 0. The first kappa shape index (κ1) is 51.0. The van der Waals surface area contributed by atoms with Gasteiger partial charge in [-0.3, -0.25) is 18.6 Å². The van der Waals surface area contributed by atoms with Gasteiger partial charge in [0, 0.05) is 12.8 Å². The van der Waals surface area contributed by atoms with Crippen molar-refractivity contribution in [2.24, 2.45) is 11.8 Å². The highest BCUT2D eigenvalue weighted by molar-refractivity contribution is 7.47. The number of phosphoric ester groups is 1. The first-order valence-corrected chi connectivity index (χ1v) is 22.7. The lowest BCUT2D eigenvalue weighted by atomic mass is 10.00. The molecule has 0 aliphatic carbocycles. The Bertz CT molecular complexity index is 871. The Morgan fingerprint density at radius 3 is 1.42 bits per heavy atom. The average molecular weight is 765 g/mol. The lowest BCUT2D eigenvalue weighted by Crippen LogP contribution is -2.29. The van der Waals surface area contributed by atoms with Gasteiger partial charge in [-0.1, -0.05) is 175 Å². The molecule has 0 bridgehead atoms. The predicted molar refractivity (Wildman–Crippen MR) is 210 cm³/mol. The number of aliphatic hydroxyl groups excluding tert-OH is 2. The van der Waals surface area contributed by atoms with Crippen LogP contribution in [0, 0.1) is 11.8 Å². The van der Waals surface area contributed by atoms with Crippen LogP contribution in [-0.4, -0.2) is 65.7 Å². The summed E-state index contributed by atoms with van der Waals surface area (Å²) in [6.07, 6.45) is 28.0. The van der Waals surface area contributed by atoms with Crippen LogP contribution in [0.4, 0.5) is 0 Å². The van der Waals surface area contributed by atoms with Crippen LogP contribution in [0.1, 0.15) is 201 Å². The predicted octanol–water partition coefficient (Wildman–Crippen LogP) is 10.8. The average Bonchev–Trinajstić information content (AvgIpc) is 3.11. The molecule has 0 radical (unpaired) electrons. The molecule has 2 unspecified atom stereocenters. The monoisotopic (exact) mass is 765 g/mol. The summed E-state index contributed by atoms with van der Waals surface area (Å²) in [5, 5.41) is 18.3. The number of esters is 2. The maximum atomic E-state index is 12.6. The summed E-state index contributed by atoms with van der Waals surface area (Å²) < 4.78 is 32.7. The Morgan fingerprint density at radius 1 is 0.577 bits per heavy atom. The molecule has 52 heavy (non-hydrogen) atoms. The van der Waals surface area contributed by atoms with Crippen molar-refractivity contribution in [2.75, 3.05) is 26.4 Å². The molecule has 0 rings (SSSR count). The molecule has 10 nitrogen and oxygen atoms in total. The highest BCUT2D eigenvalue weighted by Crippen LogP contribution is 2.43. The fourth-order valence-corrected chi connectivity index (χ4v) is 6.83. The third-order valence-electron chi connectivity index (χ3n) is 9.73. The topological polar surface area (TPSA) is 149 Å². The molecular weight excluding hydrogens is 683 g/mol. The molecule has 0 fully saturated rings. The zero-order valence-corrected chi connectivity index (χ0v) is 34.8. The second-order valence-corrected chi connectivity index (χ2v) is 16.9. The molecule has 0 saturated heterocycles. The van der Waals surface area contributed by atoms with Gasteiger partial charge in [0.2, 0.25) is 0 Å². The molecule has 0 spiro atoms. The number of hydrogen-bond donors (Lipinski definition) is 3. The summed E-state index contributed by atoms with van der Waals surface area (Å²) in [6.45, 7) is 7.02. The third kappa shape index (κ3) is 36.0. The van der Waals surface area contributed by atoms with E-state index >= 15 is 0 Å². The number of phosphoric acid groups is 1. The van der Waals surface area contributed by atoms with Gasteiger partial charge in [-0.25, -0.2) is 4.57 Å². The van der Waals surface area contributed by atoms with Gasteiger partial charge in [-0.05, 0) is 24.7 Å². The Hall–Kier alpha value is -1.03. The molecule has 0 aliphatic heterocycles. The van der Waals surface area contributed by atoms with Crippen LogP contribution in [0.3, 0.4) is 0 Å². The number of carbonyl (C=O) groups excluding carboxylic acids is 2. The van der Waals surface area contributed by atoms with Crippen molar-refractivity contribution in [3.8, 4) is 0 Å². The molecule has 310 valence electrons. The number of rotatable bonds is 39. The Morgan fingerprint density at radius 2 is 0.981 bits per heavy atom. The van der Waals surface area contributed by atoms with Crippen LogP contribution in [0.25, 0.3) is 0 Å². The SMILES string of the molecule is CCC(C)CCCCCCCCC(=O)OC[C@H](COP(=O)(O)OC[C@@H](O)CO)OC(=O)CCCCCCCCCCCCCCCCCCC(C)C. The molecule has 0 heterocycles. The molecule has 0 saturated carbocycles. The van der Waals surface area contributed by atoms with Gasteiger partial charge < -0.3 is 24.6 Å². The normalized spacial score (nSPS) is 14.6. The molecule has 4 atom stereocenters. The molecule has 0 amide bonds. The fourth-order valence-electron chi connectivity index (χ4n) is 6.04. The maximum absolute atomic E-state index is 12.6. The van der Waals surface area contributed by atoms with Gasteiger partial charge >= 0.3 is 19.8 Å². The van der Waals surface area contributed by atoms with E-state index in [9.17, 15) is 24.2 Å². The summed E-state index contributed by atoms with van der Waals surface area (Å²) in [5.74, 6) is 0.692. The zero-order chi connectivity index (χ0) is 38.7. The van der Waals surface area contributed by atoms with Gasteiger partial charge in [0.05, 0.1) is 19.8 Å². The standard InChI is InChI=1S/C41H81O10P/c1-5-37(4)29-25-21-18-19-22-26-30-40(44)48-34-39(35-50-52(46,47)49-33-38(43)32-42)51-41(45)31-27-23-17-15-13-11-9-7-6-8-10-12-14-16-20-24-28-36(2)3/h36-39,42-43H,5-35H2,1-4H3,(H,46,47)/t37?,38-,39+/m0/s1. The number of aliphatic hydroxyl groups is 2. The van der Waals surface area contributed by atoms with Crippen molar-refractivity contribution in [1.82, 2.24) is 0 Å². The summed E-state index contributed by atoms with van der Waals surface area (Å²) in [4.78, 5) is 34.9. The van der Waals surface area contributed by atoms with Crippen LogP contribution in [0.5, 0.6) is 0 Å². The first-order chi connectivity index (χ1) is 25.0. The lowest BCUT2D eigenvalue weighted by molar-refractivity contribution is -0.161. The van der Waals surface area contributed by atoms with E-state index in [-0.39, 0.29) is 19.4 Å². The van der Waals surface area contributed by atoms with Crippen molar-refractivity contribution >= 4 is 19.8 Å². The Kier molecular flexibility index (Phi) is 35.0. The molecule has 3 N–H and O–H groups in total. The van der Waals surface area contributed by atoms with E-state index in [1.54, 1.807) is 0 Å². The van der Waals surface area contributed by atoms with E-state index in [1.165, 1.54) is 109 Å². The smallest absolute Gasteiger partial charge is 0.462 e. The van der Waals surface area contributed by atoms with E-state index in [2.05, 4.69) is 32.2 Å². The third-order valence-corrected chi connectivity index (χ3v) is 10.7. The minimum atomic E-state index is -4.61. The van der Waals surface area contributed by atoms with Crippen LogP contribution < -0.4 is 0 Å². The van der Waals surface area contributed by atoms with Crippen molar-refractivity contribution in [2.45, 2.75) is 213 Å². The number of hydrogen-bond acceptors (Lipinski definition) is 9. The van der Waals surface area contributed by atoms with Crippen LogP contribution in [-0.2, 0) is 32.7 Å². The van der Waals surface area contributed by atoms with E-state index in [1.807, 2.05) is 0 Å². The van der Waals surface area contributed by atoms with Gasteiger partial charge in [0.25, 0.3) is 0 Å². The summed E-state index contributed by atoms with van der Waals surface area (Å²) in [7, 11) is -4.61. The van der Waals surface area contributed by atoms with E-state index < -0.39 is 51.8 Å². The van der Waals surface area contributed by atoms with Gasteiger partial charge in [-0.15, -0.1) is 0 Å². The maximum Gasteiger partial charge on any atom is 0.472 e. The second kappa shape index (κ2) is 35.7. The molecular formula is C41H81O10P. The first-order valence-electron chi connectivity index (χ1n) is 21.2. The molecule has 11 heteroatoms. The summed E-state index contributed by atoms with van der Waals surface area (Å²) in [6, 6.07) is 0. The quantitative estimate of drug-likeness (QED) is 0.0314. The van der Waals surface area contributed by atoms with Gasteiger partial charge in [0.15, 0.2) is 6.10 Å². The zero-order valence-electron chi connectivity index (χ0n) is 33.9. The van der Waals surface area contributed by atoms with Gasteiger partial charge in [-0.2, -0.15) is 0 Å². The second-order valence-electron chi connectivity index (χ2n) is 15.5. The molecule has 0 aromatic rings. The lowest BCUT2D eigenvalue weighted by Gasteiger charge is -2.20. The van der Waals surface area contributed by atoms with Crippen molar-refractivity contribution in [3.63, 3.8) is 0 Å². The van der Waals surface area contributed by atoms with Crippen LogP contribution in [0.15, 0.2) is 0 Å². The Labute approximate surface area is 318 Å². The van der Waals surface area contributed by atoms with Crippen molar-refractivity contribution in [3.05, 3.63) is 0 Å². The van der Waals surface area contributed by atoms with Crippen molar-refractivity contribution in [1.29, 1.82) is 0 Å². The van der Waals surface area contributed by atoms with Crippen molar-refractivity contribution < 1.29 is 47.8 Å².